The molecular formula is C13H20O2. The number of carboxylic acids is 1. The predicted octanol–water partition coefficient (Wildman–Crippen LogP) is 3.29. The van der Waals surface area contributed by atoms with Gasteiger partial charge in [0.2, 0.25) is 0 Å². The van der Waals surface area contributed by atoms with E-state index in [1.165, 1.54) is 5.56 Å². The fourth-order valence-corrected chi connectivity index (χ4v) is 1.19. The van der Waals surface area contributed by atoms with E-state index in [0.29, 0.717) is 6.42 Å². The number of benzene rings is 1. The molecule has 84 valence electrons. The Labute approximate surface area is 91.9 Å². The lowest BCUT2D eigenvalue weighted by Gasteiger charge is -2.00. The van der Waals surface area contributed by atoms with Crippen molar-refractivity contribution in [2.45, 2.75) is 40.0 Å². The zero-order valence-corrected chi connectivity index (χ0v) is 9.79. The predicted molar refractivity (Wildman–Crippen MR) is 63.1 cm³/mol. The van der Waals surface area contributed by atoms with Crippen molar-refractivity contribution in [1.82, 2.24) is 0 Å². The Hall–Kier alpha value is -1.31. The average Bonchev–Trinajstić information content (AvgIpc) is 2.30. The van der Waals surface area contributed by atoms with Gasteiger partial charge in [0.25, 0.3) is 0 Å². The topological polar surface area (TPSA) is 37.3 Å². The Kier molecular flexibility index (Phi) is 7.33. The molecule has 0 heterocycles. The Morgan fingerprint density at radius 1 is 1.13 bits per heavy atom. The van der Waals surface area contributed by atoms with Gasteiger partial charge >= 0.3 is 5.97 Å². The Morgan fingerprint density at radius 3 is 2.00 bits per heavy atom. The van der Waals surface area contributed by atoms with Crippen LogP contribution in [0.15, 0.2) is 24.3 Å². The molecule has 0 fully saturated rings. The molecule has 0 aliphatic heterocycles. The molecule has 0 aliphatic rings. The van der Waals surface area contributed by atoms with E-state index >= 15 is 0 Å². The molecule has 1 aromatic carbocycles. The fraction of sp³-hybridized carbons (Fsp3) is 0.462. The normalized spacial score (nSPS) is 9.00. The summed E-state index contributed by atoms with van der Waals surface area (Å²) in [6.45, 7) is 6.10. The van der Waals surface area contributed by atoms with Crippen molar-refractivity contribution < 1.29 is 9.90 Å². The van der Waals surface area contributed by atoms with Crippen molar-refractivity contribution in [1.29, 1.82) is 0 Å². The van der Waals surface area contributed by atoms with Crippen LogP contribution in [0.4, 0.5) is 0 Å². The molecule has 2 nitrogen and oxygen atoms in total. The average molecular weight is 208 g/mol. The number of rotatable bonds is 4. The highest BCUT2D eigenvalue weighted by Gasteiger charge is 1.98. The van der Waals surface area contributed by atoms with Gasteiger partial charge in [-0.15, -0.1) is 0 Å². The molecule has 0 saturated heterocycles. The number of aliphatic carboxylic acids is 1. The quantitative estimate of drug-likeness (QED) is 0.824. The summed E-state index contributed by atoms with van der Waals surface area (Å²) in [5.41, 5.74) is 2.39. The zero-order chi connectivity index (χ0) is 11.7. The van der Waals surface area contributed by atoms with Crippen molar-refractivity contribution in [2.75, 3.05) is 0 Å². The second-order valence-electron chi connectivity index (χ2n) is 3.06. The summed E-state index contributed by atoms with van der Waals surface area (Å²) >= 11 is 0. The third-order valence-electron chi connectivity index (χ3n) is 2.06. The molecule has 0 radical (unpaired) electrons. The van der Waals surface area contributed by atoms with Crippen LogP contribution in [0, 0.1) is 0 Å². The van der Waals surface area contributed by atoms with Crippen LogP contribution in [-0.4, -0.2) is 11.1 Å². The maximum atomic E-state index is 10.3. The maximum Gasteiger partial charge on any atom is 0.303 e. The van der Waals surface area contributed by atoms with E-state index in [4.69, 9.17) is 5.11 Å². The van der Waals surface area contributed by atoms with Gasteiger partial charge in [-0.2, -0.15) is 0 Å². The number of hydrogen-bond acceptors (Lipinski definition) is 1. The molecule has 2 heteroatoms. The van der Waals surface area contributed by atoms with Gasteiger partial charge in [0.15, 0.2) is 0 Å². The minimum atomic E-state index is -0.737. The van der Waals surface area contributed by atoms with E-state index in [1.54, 1.807) is 0 Å². The van der Waals surface area contributed by atoms with Crippen LogP contribution in [0.25, 0.3) is 0 Å². The zero-order valence-electron chi connectivity index (χ0n) is 9.79. The lowest BCUT2D eigenvalue weighted by atomic mass is 10.1. The molecule has 0 saturated carbocycles. The fourth-order valence-electron chi connectivity index (χ4n) is 1.19. The van der Waals surface area contributed by atoms with Gasteiger partial charge in [-0.05, 0) is 24.0 Å². The van der Waals surface area contributed by atoms with Crippen LogP contribution in [0.5, 0.6) is 0 Å². The molecule has 0 unspecified atom stereocenters. The molecular weight excluding hydrogens is 188 g/mol. The molecule has 1 aromatic rings. The van der Waals surface area contributed by atoms with E-state index in [9.17, 15) is 4.79 Å². The molecule has 1 N–H and O–H groups in total. The van der Waals surface area contributed by atoms with Crippen LogP contribution in [0.3, 0.4) is 0 Å². The summed E-state index contributed by atoms with van der Waals surface area (Å²) in [5, 5.41) is 8.48. The highest BCUT2D eigenvalue weighted by atomic mass is 16.4. The van der Waals surface area contributed by atoms with Crippen LogP contribution < -0.4 is 0 Å². The van der Waals surface area contributed by atoms with Gasteiger partial charge in [0.05, 0.1) is 0 Å². The summed E-state index contributed by atoms with van der Waals surface area (Å²) < 4.78 is 0. The van der Waals surface area contributed by atoms with Gasteiger partial charge in [-0.25, -0.2) is 0 Å². The second kappa shape index (κ2) is 8.04. The van der Waals surface area contributed by atoms with E-state index in [0.717, 1.165) is 12.0 Å². The molecule has 1 rings (SSSR count). The third-order valence-corrected chi connectivity index (χ3v) is 2.06. The van der Waals surface area contributed by atoms with Crippen molar-refractivity contribution in [3.05, 3.63) is 35.4 Å². The Balaban J connectivity index is 0.000000921. The molecule has 0 spiro atoms. The Morgan fingerprint density at radius 2 is 1.60 bits per heavy atom. The number of aryl methyl sites for hydroxylation is 2. The summed E-state index contributed by atoms with van der Waals surface area (Å²) in [5.74, 6) is -0.737. The third kappa shape index (κ3) is 5.89. The van der Waals surface area contributed by atoms with Gasteiger partial charge in [-0.1, -0.05) is 45.0 Å². The summed E-state index contributed by atoms with van der Waals surface area (Å²) in [6.07, 6.45) is 1.87. The largest absolute Gasteiger partial charge is 0.481 e. The first-order valence-corrected chi connectivity index (χ1v) is 5.52. The lowest BCUT2D eigenvalue weighted by molar-refractivity contribution is -0.136. The van der Waals surface area contributed by atoms with Gasteiger partial charge in [0, 0.05) is 6.42 Å². The maximum absolute atomic E-state index is 10.3. The van der Waals surface area contributed by atoms with Gasteiger partial charge in [0.1, 0.15) is 0 Å². The van der Waals surface area contributed by atoms with Crippen LogP contribution in [0.2, 0.25) is 0 Å². The molecule has 0 aliphatic carbocycles. The summed E-state index contributed by atoms with van der Waals surface area (Å²) in [7, 11) is 0. The first kappa shape index (κ1) is 13.7. The van der Waals surface area contributed by atoms with Crippen LogP contribution >= 0.6 is 0 Å². The number of hydrogen-bond donors (Lipinski definition) is 1. The van der Waals surface area contributed by atoms with E-state index < -0.39 is 5.97 Å². The van der Waals surface area contributed by atoms with E-state index in [1.807, 2.05) is 26.0 Å². The van der Waals surface area contributed by atoms with Crippen LogP contribution in [0.1, 0.15) is 38.3 Å². The molecule has 0 aromatic heterocycles. The lowest BCUT2D eigenvalue weighted by Crippen LogP contribution is -1.97. The molecule has 0 bridgehead atoms. The number of carboxylic acid groups (broad SMARTS) is 1. The summed E-state index contributed by atoms with van der Waals surface area (Å²) in [6, 6.07) is 8.11. The van der Waals surface area contributed by atoms with Crippen molar-refractivity contribution in [3.8, 4) is 0 Å². The molecule has 15 heavy (non-hydrogen) atoms. The standard InChI is InChI=1S/C11H14O2.C2H6/c1-2-9-3-5-10(6-4-9)7-8-11(12)13;1-2/h3-6H,2,7-8H2,1H3,(H,12,13);1-2H3. The molecule has 0 atom stereocenters. The smallest absolute Gasteiger partial charge is 0.303 e. The van der Waals surface area contributed by atoms with Gasteiger partial charge < -0.3 is 5.11 Å². The molecule has 0 amide bonds. The first-order chi connectivity index (χ1) is 7.22. The van der Waals surface area contributed by atoms with Crippen molar-refractivity contribution >= 4 is 5.97 Å². The Bertz CT molecular complexity index is 275. The number of carbonyl (C=O) groups is 1. The first-order valence-electron chi connectivity index (χ1n) is 5.52. The van der Waals surface area contributed by atoms with Gasteiger partial charge in [-0.3, -0.25) is 4.79 Å². The SMILES string of the molecule is CC.CCc1ccc(CCC(=O)O)cc1. The second-order valence-corrected chi connectivity index (χ2v) is 3.06. The highest BCUT2D eigenvalue weighted by molar-refractivity contribution is 5.67. The monoisotopic (exact) mass is 208 g/mol. The highest BCUT2D eigenvalue weighted by Crippen LogP contribution is 2.06. The summed E-state index contributed by atoms with van der Waals surface area (Å²) in [4.78, 5) is 10.3. The minimum Gasteiger partial charge on any atom is -0.481 e. The minimum absolute atomic E-state index is 0.214. The van der Waals surface area contributed by atoms with E-state index in [-0.39, 0.29) is 6.42 Å². The van der Waals surface area contributed by atoms with Crippen LogP contribution in [-0.2, 0) is 17.6 Å². The van der Waals surface area contributed by atoms with E-state index in [2.05, 4.69) is 19.1 Å². The van der Waals surface area contributed by atoms with Crippen molar-refractivity contribution in [3.63, 3.8) is 0 Å². The van der Waals surface area contributed by atoms with Crippen molar-refractivity contribution in [2.24, 2.45) is 0 Å².